The monoisotopic (exact) mass is 304 g/mol. The van der Waals surface area contributed by atoms with Crippen LogP contribution >= 0.6 is 0 Å². The van der Waals surface area contributed by atoms with Crippen LogP contribution in [-0.4, -0.2) is 36.0 Å². The summed E-state index contributed by atoms with van der Waals surface area (Å²) in [5.41, 5.74) is 0.920. The van der Waals surface area contributed by atoms with Gasteiger partial charge in [-0.15, -0.1) is 0 Å². The molecule has 1 fully saturated rings. The first-order valence-electron chi connectivity index (χ1n) is 7.82. The summed E-state index contributed by atoms with van der Waals surface area (Å²) < 4.78 is 5.09. The van der Waals surface area contributed by atoms with E-state index in [1.165, 1.54) is 0 Å². The highest BCUT2D eigenvalue weighted by molar-refractivity contribution is 5.82. The van der Waals surface area contributed by atoms with Crippen molar-refractivity contribution < 1.29 is 14.3 Å². The van der Waals surface area contributed by atoms with E-state index < -0.39 is 6.09 Å². The van der Waals surface area contributed by atoms with Crippen molar-refractivity contribution in [2.45, 2.75) is 39.3 Å². The number of ether oxygens (including phenoxy) is 1. The van der Waals surface area contributed by atoms with Gasteiger partial charge in [-0.1, -0.05) is 44.2 Å². The molecule has 0 saturated carbocycles. The summed E-state index contributed by atoms with van der Waals surface area (Å²) in [7, 11) is 0. The van der Waals surface area contributed by atoms with Gasteiger partial charge in [0.05, 0.1) is 0 Å². The number of benzene rings is 1. The fourth-order valence-corrected chi connectivity index (χ4v) is 2.82. The van der Waals surface area contributed by atoms with Crippen molar-refractivity contribution in [2.24, 2.45) is 5.92 Å². The molecule has 1 aliphatic heterocycles. The highest BCUT2D eigenvalue weighted by Gasteiger charge is 2.30. The molecule has 1 heterocycles. The Morgan fingerprint density at radius 3 is 2.73 bits per heavy atom. The van der Waals surface area contributed by atoms with Crippen molar-refractivity contribution in [3.8, 4) is 0 Å². The van der Waals surface area contributed by atoms with Crippen molar-refractivity contribution in [3.05, 3.63) is 35.9 Å². The molecule has 2 amide bonds. The van der Waals surface area contributed by atoms with Crippen molar-refractivity contribution in [1.82, 2.24) is 10.2 Å². The van der Waals surface area contributed by atoms with E-state index in [1.807, 2.05) is 35.2 Å². The van der Waals surface area contributed by atoms with Gasteiger partial charge >= 0.3 is 6.09 Å². The lowest BCUT2D eigenvalue weighted by molar-refractivity contribution is -0.131. The Labute approximate surface area is 131 Å². The molecule has 0 radical (unpaired) electrons. The largest absolute Gasteiger partial charge is 0.445 e. The highest BCUT2D eigenvalue weighted by Crippen LogP contribution is 2.23. The van der Waals surface area contributed by atoms with Crippen LogP contribution in [0.25, 0.3) is 0 Å². The van der Waals surface area contributed by atoms with Gasteiger partial charge in [0.2, 0.25) is 5.91 Å². The zero-order chi connectivity index (χ0) is 15.9. The third-order valence-corrected chi connectivity index (χ3v) is 3.99. The Morgan fingerprint density at radius 2 is 2.05 bits per heavy atom. The van der Waals surface area contributed by atoms with Gasteiger partial charge in [-0.05, 0) is 24.3 Å². The van der Waals surface area contributed by atoms with E-state index in [0.717, 1.165) is 24.9 Å². The Morgan fingerprint density at radius 1 is 1.32 bits per heavy atom. The van der Waals surface area contributed by atoms with Crippen molar-refractivity contribution in [3.63, 3.8) is 0 Å². The first kappa shape index (κ1) is 16.3. The molecule has 1 aliphatic rings. The second-order valence-corrected chi connectivity index (χ2v) is 5.96. The summed E-state index contributed by atoms with van der Waals surface area (Å²) in [5.74, 6) is 0.407. The lowest BCUT2D eigenvalue weighted by atomic mass is 10.0. The van der Waals surface area contributed by atoms with Crippen LogP contribution in [0.3, 0.4) is 0 Å². The van der Waals surface area contributed by atoms with E-state index in [9.17, 15) is 9.59 Å². The number of nitrogens with zero attached hydrogens (tertiary/aromatic N) is 1. The maximum Gasteiger partial charge on any atom is 0.407 e. The number of amides is 2. The zero-order valence-corrected chi connectivity index (χ0v) is 13.2. The Bertz CT molecular complexity index is 502. The molecule has 1 aromatic rings. The minimum Gasteiger partial charge on any atom is -0.445 e. The molecule has 0 unspecified atom stereocenters. The standard InChI is InChI=1S/C17H24N2O3/c1-13(2)15-9-6-10-19(15)16(20)11-18-17(21)22-12-14-7-4-3-5-8-14/h3-5,7-8,13,15H,6,9-12H2,1-2H3,(H,18,21)/t15-/m1/s1. The van der Waals surface area contributed by atoms with E-state index >= 15 is 0 Å². The third kappa shape index (κ3) is 4.48. The summed E-state index contributed by atoms with van der Waals surface area (Å²) in [6.07, 6.45) is 1.52. The van der Waals surface area contributed by atoms with Gasteiger partial charge in [-0.3, -0.25) is 4.79 Å². The predicted molar refractivity (Wildman–Crippen MR) is 84.2 cm³/mol. The van der Waals surface area contributed by atoms with Gasteiger partial charge in [-0.2, -0.15) is 0 Å². The fraction of sp³-hybridized carbons (Fsp3) is 0.529. The smallest absolute Gasteiger partial charge is 0.407 e. The summed E-state index contributed by atoms with van der Waals surface area (Å²) in [5, 5.41) is 2.54. The summed E-state index contributed by atoms with van der Waals surface area (Å²) in [4.78, 5) is 25.7. The van der Waals surface area contributed by atoms with E-state index in [0.29, 0.717) is 5.92 Å². The lowest BCUT2D eigenvalue weighted by Gasteiger charge is -2.27. The first-order valence-corrected chi connectivity index (χ1v) is 7.82. The second kappa shape index (κ2) is 7.82. The average molecular weight is 304 g/mol. The minimum atomic E-state index is -0.558. The highest BCUT2D eigenvalue weighted by atomic mass is 16.5. The molecule has 0 aliphatic carbocycles. The molecule has 1 N–H and O–H groups in total. The van der Waals surface area contributed by atoms with Crippen LogP contribution in [0.1, 0.15) is 32.3 Å². The van der Waals surface area contributed by atoms with Gasteiger partial charge in [0, 0.05) is 12.6 Å². The lowest BCUT2D eigenvalue weighted by Crippen LogP contribution is -2.44. The van der Waals surface area contributed by atoms with E-state index in [4.69, 9.17) is 4.74 Å². The van der Waals surface area contributed by atoms with E-state index in [2.05, 4.69) is 19.2 Å². The average Bonchev–Trinajstić information content (AvgIpc) is 3.01. The Kier molecular flexibility index (Phi) is 5.81. The van der Waals surface area contributed by atoms with Gasteiger partial charge < -0.3 is 15.0 Å². The molecular formula is C17H24N2O3. The number of carbonyl (C=O) groups excluding carboxylic acids is 2. The summed E-state index contributed by atoms with van der Waals surface area (Å²) in [6.45, 7) is 5.23. The fourth-order valence-electron chi connectivity index (χ4n) is 2.82. The maximum atomic E-state index is 12.2. The molecule has 120 valence electrons. The molecule has 1 aromatic carbocycles. The number of nitrogens with one attached hydrogen (secondary N) is 1. The molecular weight excluding hydrogens is 280 g/mol. The van der Waals surface area contributed by atoms with Crippen molar-refractivity contribution in [1.29, 1.82) is 0 Å². The van der Waals surface area contributed by atoms with Crippen LogP contribution < -0.4 is 5.32 Å². The zero-order valence-electron chi connectivity index (χ0n) is 13.2. The van der Waals surface area contributed by atoms with Crippen molar-refractivity contribution >= 4 is 12.0 Å². The van der Waals surface area contributed by atoms with E-state index in [-0.39, 0.29) is 25.1 Å². The predicted octanol–water partition coefficient (Wildman–Crippen LogP) is 2.56. The van der Waals surface area contributed by atoms with E-state index in [1.54, 1.807) is 0 Å². The SMILES string of the molecule is CC(C)[C@H]1CCCN1C(=O)CNC(=O)OCc1ccccc1. The number of likely N-dealkylation sites (tertiary alicyclic amines) is 1. The molecule has 0 bridgehead atoms. The molecule has 5 nitrogen and oxygen atoms in total. The normalized spacial score (nSPS) is 17.6. The van der Waals surface area contributed by atoms with Crippen LogP contribution in [0.4, 0.5) is 4.79 Å². The van der Waals surface area contributed by atoms with Crippen LogP contribution in [0, 0.1) is 5.92 Å². The van der Waals surface area contributed by atoms with Crippen LogP contribution in [-0.2, 0) is 16.1 Å². The molecule has 22 heavy (non-hydrogen) atoms. The second-order valence-electron chi connectivity index (χ2n) is 5.96. The number of alkyl carbamates (subject to hydrolysis) is 1. The first-order chi connectivity index (χ1) is 10.6. The quantitative estimate of drug-likeness (QED) is 0.909. The molecule has 5 heteroatoms. The van der Waals surface area contributed by atoms with Crippen LogP contribution in [0.15, 0.2) is 30.3 Å². The topological polar surface area (TPSA) is 58.6 Å². The molecule has 1 atom stereocenters. The molecule has 2 rings (SSSR count). The number of rotatable bonds is 5. The summed E-state index contributed by atoms with van der Waals surface area (Å²) in [6, 6.07) is 9.74. The number of hydrogen-bond acceptors (Lipinski definition) is 3. The number of hydrogen-bond donors (Lipinski definition) is 1. The Hall–Kier alpha value is -2.04. The number of carbonyl (C=O) groups is 2. The van der Waals surface area contributed by atoms with Crippen LogP contribution in [0.5, 0.6) is 0 Å². The minimum absolute atomic E-state index is 0.00313. The van der Waals surface area contributed by atoms with Gasteiger partial charge in [0.1, 0.15) is 13.2 Å². The van der Waals surface area contributed by atoms with Gasteiger partial charge in [0.25, 0.3) is 0 Å². The van der Waals surface area contributed by atoms with Crippen LogP contribution in [0.2, 0.25) is 0 Å². The maximum absolute atomic E-state index is 12.2. The van der Waals surface area contributed by atoms with Gasteiger partial charge in [0.15, 0.2) is 0 Å². The molecule has 0 aromatic heterocycles. The Balaban J connectivity index is 1.73. The summed E-state index contributed by atoms with van der Waals surface area (Å²) >= 11 is 0. The molecule has 0 spiro atoms. The third-order valence-electron chi connectivity index (χ3n) is 3.99. The molecule has 1 saturated heterocycles. The van der Waals surface area contributed by atoms with Gasteiger partial charge in [-0.25, -0.2) is 4.79 Å². The van der Waals surface area contributed by atoms with Crippen molar-refractivity contribution in [2.75, 3.05) is 13.1 Å².